The quantitative estimate of drug-likeness (QED) is 0.675. The summed E-state index contributed by atoms with van der Waals surface area (Å²) in [5, 5.41) is 4.10. The molecule has 7 nitrogen and oxygen atoms in total. The minimum absolute atomic E-state index is 0.0380. The van der Waals surface area contributed by atoms with Crippen LogP contribution in [0, 0.1) is 13.8 Å². The van der Waals surface area contributed by atoms with Gasteiger partial charge in [0.05, 0.1) is 23.7 Å². The first-order valence-electron chi connectivity index (χ1n) is 6.03. The molecule has 0 fully saturated rings. The van der Waals surface area contributed by atoms with E-state index in [1.807, 2.05) is 0 Å². The smallest absolute Gasteiger partial charge is 0.342 e. The summed E-state index contributed by atoms with van der Waals surface area (Å²) in [6, 6.07) is 1.76. The van der Waals surface area contributed by atoms with Crippen molar-refractivity contribution < 1.29 is 13.9 Å². The average Bonchev–Trinajstić information content (AvgIpc) is 3.05. The summed E-state index contributed by atoms with van der Waals surface area (Å²) in [6.45, 7) is 3.55. The van der Waals surface area contributed by atoms with E-state index in [9.17, 15) is 4.79 Å². The van der Waals surface area contributed by atoms with Crippen molar-refractivity contribution in [3.8, 4) is 0 Å². The van der Waals surface area contributed by atoms with Crippen molar-refractivity contribution in [2.45, 2.75) is 20.5 Å². The lowest BCUT2D eigenvalue weighted by Gasteiger charge is -2.06. The first-order valence-corrected chi connectivity index (χ1v) is 6.03. The second-order valence-electron chi connectivity index (χ2n) is 4.28. The van der Waals surface area contributed by atoms with Crippen molar-refractivity contribution >= 4 is 11.6 Å². The third kappa shape index (κ3) is 2.13. The minimum atomic E-state index is -0.471. The van der Waals surface area contributed by atoms with Crippen LogP contribution < -0.4 is 0 Å². The van der Waals surface area contributed by atoms with Gasteiger partial charge < -0.3 is 9.15 Å². The third-order valence-electron chi connectivity index (χ3n) is 2.89. The monoisotopic (exact) mass is 272 g/mol. The van der Waals surface area contributed by atoms with Crippen LogP contribution in [0.4, 0.5) is 0 Å². The second kappa shape index (κ2) is 4.76. The predicted molar refractivity (Wildman–Crippen MR) is 68.1 cm³/mol. The Morgan fingerprint density at radius 2 is 2.20 bits per heavy atom. The van der Waals surface area contributed by atoms with Crippen LogP contribution in [0.1, 0.15) is 27.7 Å². The molecule has 20 heavy (non-hydrogen) atoms. The van der Waals surface area contributed by atoms with Crippen LogP contribution in [0.3, 0.4) is 0 Å². The Hall–Kier alpha value is -2.70. The molecule has 0 saturated heterocycles. The maximum Gasteiger partial charge on any atom is 0.342 e. The molecular formula is C13H12N4O3. The first kappa shape index (κ1) is 12.3. The molecule has 0 aliphatic heterocycles. The fourth-order valence-electron chi connectivity index (χ4n) is 1.88. The Balaban J connectivity index is 1.80. The van der Waals surface area contributed by atoms with E-state index in [4.69, 9.17) is 9.15 Å². The van der Waals surface area contributed by atoms with Gasteiger partial charge in [0.15, 0.2) is 23.9 Å². The van der Waals surface area contributed by atoms with Crippen molar-refractivity contribution in [2.75, 3.05) is 0 Å². The maximum atomic E-state index is 12.0. The van der Waals surface area contributed by atoms with E-state index in [0.717, 1.165) is 0 Å². The van der Waals surface area contributed by atoms with Gasteiger partial charge in [-0.3, -0.25) is 0 Å². The lowest BCUT2D eigenvalue weighted by molar-refractivity contribution is 0.0442. The Labute approximate surface area is 114 Å². The number of carbonyl (C=O) groups is 1. The zero-order chi connectivity index (χ0) is 14.1. The number of oxazole rings is 1. The summed E-state index contributed by atoms with van der Waals surface area (Å²) >= 11 is 0. The number of carbonyl (C=O) groups excluding carboxylic acids is 1. The molecule has 0 aliphatic rings. The number of esters is 1. The van der Waals surface area contributed by atoms with Gasteiger partial charge in [-0.25, -0.2) is 19.3 Å². The van der Waals surface area contributed by atoms with Crippen LogP contribution in [-0.2, 0) is 11.3 Å². The highest BCUT2D eigenvalue weighted by Crippen LogP contribution is 2.12. The zero-order valence-corrected chi connectivity index (χ0v) is 11.0. The van der Waals surface area contributed by atoms with Gasteiger partial charge in [-0.1, -0.05) is 0 Å². The Bertz CT molecular complexity index is 775. The number of rotatable bonds is 3. The number of aromatic nitrogens is 4. The maximum absolute atomic E-state index is 12.0. The van der Waals surface area contributed by atoms with E-state index >= 15 is 0 Å². The highest BCUT2D eigenvalue weighted by Gasteiger charge is 2.15. The van der Waals surface area contributed by atoms with Crippen molar-refractivity contribution in [2.24, 2.45) is 0 Å². The van der Waals surface area contributed by atoms with E-state index < -0.39 is 5.97 Å². The highest BCUT2D eigenvalue weighted by molar-refractivity contribution is 5.90. The molecule has 0 aliphatic carbocycles. The van der Waals surface area contributed by atoms with E-state index in [-0.39, 0.29) is 6.61 Å². The molecule has 3 rings (SSSR count). The minimum Gasteiger partial charge on any atom is -0.454 e. The molecule has 3 aromatic heterocycles. The molecule has 0 spiro atoms. The molecule has 0 unspecified atom stereocenters. The number of hydrogen-bond donors (Lipinski definition) is 0. The Morgan fingerprint density at radius 1 is 1.35 bits per heavy atom. The van der Waals surface area contributed by atoms with Crippen LogP contribution in [0.25, 0.3) is 5.65 Å². The van der Waals surface area contributed by atoms with Crippen LogP contribution in [0.2, 0.25) is 0 Å². The molecule has 0 bridgehead atoms. The summed E-state index contributed by atoms with van der Waals surface area (Å²) in [4.78, 5) is 20.1. The number of fused-ring (bicyclic) bond motifs is 1. The molecule has 3 aromatic rings. The molecule has 0 radical (unpaired) electrons. The first-order chi connectivity index (χ1) is 9.65. The van der Waals surface area contributed by atoms with Gasteiger partial charge in [-0.2, -0.15) is 5.10 Å². The van der Waals surface area contributed by atoms with E-state index in [2.05, 4.69) is 15.1 Å². The van der Waals surface area contributed by atoms with Crippen LogP contribution in [0.15, 0.2) is 29.1 Å². The summed E-state index contributed by atoms with van der Waals surface area (Å²) in [7, 11) is 0. The van der Waals surface area contributed by atoms with Gasteiger partial charge in [0, 0.05) is 19.2 Å². The van der Waals surface area contributed by atoms with Crippen LogP contribution in [-0.4, -0.2) is 25.6 Å². The van der Waals surface area contributed by atoms with Gasteiger partial charge in [0.25, 0.3) is 0 Å². The van der Waals surface area contributed by atoms with E-state index in [1.54, 1.807) is 30.6 Å². The van der Waals surface area contributed by atoms with Crippen LogP contribution >= 0.6 is 0 Å². The molecule has 0 amide bonds. The summed E-state index contributed by atoms with van der Waals surface area (Å²) in [5.41, 5.74) is 1.74. The van der Waals surface area contributed by atoms with Crippen molar-refractivity contribution in [3.05, 3.63) is 47.6 Å². The van der Waals surface area contributed by atoms with Gasteiger partial charge in [0.1, 0.15) is 0 Å². The average molecular weight is 272 g/mol. The normalized spacial score (nSPS) is 10.9. The molecule has 0 saturated carbocycles. The number of aryl methyl sites for hydroxylation is 2. The van der Waals surface area contributed by atoms with E-state index in [1.165, 1.54) is 12.4 Å². The van der Waals surface area contributed by atoms with Gasteiger partial charge in [-0.05, 0) is 6.92 Å². The van der Waals surface area contributed by atoms with Gasteiger partial charge >= 0.3 is 5.97 Å². The predicted octanol–water partition coefficient (Wildman–Crippen LogP) is 1.69. The molecular weight excluding hydrogens is 260 g/mol. The summed E-state index contributed by atoms with van der Waals surface area (Å²) in [5.74, 6) is 0.565. The molecule has 7 heteroatoms. The third-order valence-corrected chi connectivity index (χ3v) is 2.89. The number of hydrogen-bond acceptors (Lipinski definition) is 6. The second-order valence-corrected chi connectivity index (χ2v) is 4.28. The summed E-state index contributed by atoms with van der Waals surface area (Å²) < 4.78 is 12.0. The van der Waals surface area contributed by atoms with Crippen LogP contribution in [0.5, 0.6) is 0 Å². The molecule has 0 aromatic carbocycles. The largest absolute Gasteiger partial charge is 0.454 e. The Kier molecular flexibility index (Phi) is 2.94. The molecule has 3 heterocycles. The Morgan fingerprint density at radius 3 is 2.95 bits per heavy atom. The molecule has 0 N–H and O–H groups in total. The van der Waals surface area contributed by atoms with Crippen molar-refractivity contribution in [1.29, 1.82) is 0 Å². The fourth-order valence-corrected chi connectivity index (χ4v) is 1.88. The number of nitrogens with zero attached hydrogens (tertiary/aromatic N) is 4. The highest BCUT2D eigenvalue weighted by atomic mass is 16.5. The fraction of sp³-hybridized carbons (Fsp3) is 0.231. The summed E-state index contributed by atoms with van der Waals surface area (Å²) in [6.07, 6.45) is 4.65. The van der Waals surface area contributed by atoms with Crippen molar-refractivity contribution in [1.82, 2.24) is 19.6 Å². The number of ether oxygens (including phenoxy) is 1. The molecule has 0 atom stereocenters. The lowest BCUT2D eigenvalue weighted by Crippen LogP contribution is -2.11. The topological polar surface area (TPSA) is 82.5 Å². The zero-order valence-electron chi connectivity index (χ0n) is 11.0. The van der Waals surface area contributed by atoms with Gasteiger partial charge in [0.2, 0.25) is 0 Å². The SMILES string of the molecule is Cc1ncc(COC(=O)c2cnc3ccnn3c2C)o1. The van der Waals surface area contributed by atoms with Crippen molar-refractivity contribution in [3.63, 3.8) is 0 Å². The standard InChI is InChI=1S/C13H12N4O3/c1-8-11(6-15-12-3-4-16-17(8)12)13(18)19-7-10-5-14-9(2)20-10/h3-6H,7H2,1-2H3. The van der Waals surface area contributed by atoms with Gasteiger partial charge in [-0.15, -0.1) is 0 Å². The lowest BCUT2D eigenvalue weighted by atomic mass is 10.2. The molecule has 102 valence electrons. The van der Waals surface area contributed by atoms with E-state index in [0.29, 0.717) is 28.6 Å².